The molecule has 1 atom stereocenters. The van der Waals surface area contributed by atoms with Crippen LogP contribution >= 0.6 is 23.5 Å². The molecule has 3 rings (SSSR count). The zero-order valence-corrected chi connectivity index (χ0v) is 12.0. The summed E-state index contributed by atoms with van der Waals surface area (Å²) < 4.78 is 1.39. The van der Waals surface area contributed by atoms with Crippen LogP contribution in [0.4, 0.5) is 0 Å². The van der Waals surface area contributed by atoms with Crippen LogP contribution < -0.4 is 0 Å². The summed E-state index contributed by atoms with van der Waals surface area (Å²) in [5.74, 6) is 2.41. The van der Waals surface area contributed by atoms with Crippen molar-refractivity contribution < 1.29 is 5.11 Å². The van der Waals surface area contributed by atoms with Crippen molar-refractivity contribution in [3.8, 4) is 0 Å². The Labute approximate surface area is 117 Å². The molecule has 2 fully saturated rings. The van der Waals surface area contributed by atoms with E-state index in [1.165, 1.54) is 27.7 Å². The van der Waals surface area contributed by atoms with Crippen LogP contribution in [0.1, 0.15) is 31.2 Å². The van der Waals surface area contributed by atoms with Gasteiger partial charge < -0.3 is 5.11 Å². The van der Waals surface area contributed by atoms with Gasteiger partial charge in [0.05, 0.1) is 0 Å². The second kappa shape index (κ2) is 5.32. The van der Waals surface area contributed by atoms with Gasteiger partial charge in [0.15, 0.2) is 0 Å². The highest BCUT2D eigenvalue weighted by Crippen LogP contribution is 2.50. The zero-order chi connectivity index (χ0) is 12.4. The smallest absolute Gasteiger partial charge is 0.113 e. The van der Waals surface area contributed by atoms with E-state index in [1.54, 1.807) is 0 Å². The molecule has 1 N–H and O–H groups in total. The van der Waals surface area contributed by atoms with E-state index in [1.807, 2.05) is 41.7 Å². The predicted molar refractivity (Wildman–Crippen MR) is 80.7 cm³/mol. The van der Waals surface area contributed by atoms with Crippen LogP contribution in [0.3, 0.4) is 0 Å². The molecule has 3 heteroatoms. The topological polar surface area (TPSA) is 20.2 Å². The van der Waals surface area contributed by atoms with E-state index in [2.05, 4.69) is 12.1 Å². The van der Waals surface area contributed by atoms with Gasteiger partial charge in [-0.2, -0.15) is 0 Å². The third-order valence-electron chi connectivity index (χ3n) is 3.72. The van der Waals surface area contributed by atoms with Crippen LogP contribution in [-0.2, 0) is 5.60 Å². The van der Waals surface area contributed by atoms with Crippen LogP contribution in [0.5, 0.6) is 0 Å². The second-order valence-corrected chi connectivity index (χ2v) is 7.37. The molecule has 1 nitrogen and oxygen atoms in total. The van der Waals surface area contributed by atoms with Gasteiger partial charge in [-0.1, -0.05) is 30.3 Å². The van der Waals surface area contributed by atoms with Crippen molar-refractivity contribution in [2.45, 2.75) is 31.3 Å². The first-order valence-electron chi connectivity index (χ1n) is 6.58. The molecule has 0 amide bonds. The molecule has 0 bridgehead atoms. The summed E-state index contributed by atoms with van der Waals surface area (Å²) in [5.41, 5.74) is 1.65. The Morgan fingerprint density at radius 2 is 1.72 bits per heavy atom. The summed E-state index contributed by atoms with van der Waals surface area (Å²) in [6, 6.07) is 10.2. The standard InChI is InChI=1S/C15H18OS2/c16-15(12-6-2-1-3-7-12)9-4-8-13(15)14-17-10-5-11-18-14/h1-3,6-7,16H,4-5,8-11H2. The first kappa shape index (κ1) is 12.6. The molecule has 1 saturated heterocycles. The van der Waals surface area contributed by atoms with Crippen molar-refractivity contribution in [1.82, 2.24) is 0 Å². The highest BCUT2D eigenvalue weighted by atomic mass is 32.2. The Bertz CT molecular complexity index is 447. The molecular weight excluding hydrogens is 260 g/mol. The Balaban J connectivity index is 2.00. The van der Waals surface area contributed by atoms with Crippen molar-refractivity contribution in [1.29, 1.82) is 0 Å². The molecule has 1 aromatic carbocycles. The van der Waals surface area contributed by atoms with Gasteiger partial charge in [0, 0.05) is 4.24 Å². The van der Waals surface area contributed by atoms with Crippen LogP contribution in [0.15, 0.2) is 40.1 Å². The van der Waals surface area contributed by atoms with Crippen molar-refractivity contribution in [2.75, 3.05) is 11.5 Å². The van der Waals surface area contributed by atoms with Gasteiger partial charge in [0.2, 0.25) is 0 Å². The monoisotopic (exact) mass is 278 g/mol. The fourth-order valence-electron chi connectivity index (χ4n) is 2.79. The molecule has 2 aliphatic rings. The molecule has 1 saturated carbocycles. The van der Waals surface area contributed by atoms with Gasteiger partial charge >= 0.3 is 0 Å². The van der Waals surface area contributed by atoms with E-state index in [4.69, 9.17) is 0 Å². The Kier molecular flexibility index (Phi) is 3.73. The number of benzene rings is 1. The summed E-state index contributed by atoms with van der Waals surface area (Å²) in [4.78, 5) is 0. The lowest BCUT2D eigenvalue weighted by Crippen LogP contribution is -2.24. The minimum absolute atomic E-state index is 0.700. The molecule has 1 heterocycles. The van der Waals surface area contributed by atoms with Crippen LogP contribution in [-0.4, -0.2) is 16.6 Å². The summed E-state index contributed by atoms with van der Waals surface area (Å²) in [6.07, 6.45) is 4.32. The van der Waals surface area contributed by atoms with Crippen molar-refractivity contribution in [3.63, 3.8) is 0 Å². The molecule has 1 aliphatic carbocycles. The Hall–Kier alpha value is -0.380. The van der Waals surface area contributed by atoms with E-state index in [0.717, 1.165) is 24.8 Å². The Morgan fingerprint density at radius 1 is 1.00 bits per heavy atom. The van der Waals surface area contributed by atoms with Gasteiger partial charge in [-0.05, 0) is 48.3 Å². The van der Waals surface area contributed by atoms with E-state index < -0.39 is 5.60 Å². The molecule has 0 radical (unpaired) electrons. The van der Waals surface area contributed by atoms with Gasteiger partial charge in [0.25, 0.3) is 0 Å². The second-order valence-electron chi connectivity index (χ2n) is 4.90. The summed E-state index contributed by atoms with van der Waals surface area (Å²) in [6.45, 7) is 0. The lowest BCUT2D eigenvalue weighted by molar-refractivity contribution is 0.0834. The van der Waals surface area contributed by atoms with Gasteiger partial charge in [-0.15, -0.1) is 23.5 Å². The number of hydrogen-bond acceptors (Lipinski definition) is 3. The number of aliphatic hydroxyl groups is 1. The molecule has 1 unspecified atom stereocenters. The maximum Gasteiger partial charge on any atom is 0.113 e. The first-order valence-corrected chi connectivity index (χ1v) is 8.55. The quantitative estimate of drug-likeness (QED) is 0.833. The largest absolute Gasteiger partial charge is 0.381 e. The number of rotatable bonds is 1. The summed E-state index contributed by atoms with van der Waals surface area (Å²) in [5, 5.41) is 11.1. The highest BCUT2D eigenvalue weighted by molar-refractivity contribution is 8.22. The van der Waals surface area contributed by atoms with Gasteiger partial charge in [-0.3, -0.25) is 0 Å². The fraction of sp³-hybridized carbons (Fsp3) is 0.467. The van der Waals surface area contributed by atoms with Crippen LogP contribution in [0.2, 0.25) is 0 Å². The minimum Gasteiger partial charge on any atom is -0.381 e. The molecule has 1 aromatic rings. The Morgan fingerprint density at radius 3 is 2.44 bits per heavy atom. The third-order valence-corrected chi connectivity index (χ3v) is 6.43. The van der Waals surface area contributed by atoms with Crippen molar-refractivity contribution in [2.24, 2.45) is 0 Å². The van der Waals surface area contributed by atoms with Crippen molar-refractivity contribution in [3.05, 3.63) is 45.7 Å². The highest BCUT2D eigenvalue weighted by Gasteiger charge is 2.40. The molecule has 18 heavy (non-hydrogen) atoms. The fourth-order valence-corrected chi connectivity index (χ4v) is 5.64. The maximum atomic E-state index is 11.1. The molecule has 0 aromatic heterocycles. The SMILES string of the molecule is OC1(c2ccccc2)CCCC1=C1SCCCS1. The molecule has 0 spiro atoms. The predicted octanol–water partition coefficient (Wildman–Crippen LogP) is 4.14. The average molecular weight is 278 g/mol. The lowest BCUT2D eigenvalue weighted by Gasteiger charge is -2.28. The van der Waals surface area contributed by atoms with E-state index in [9.17, 15) is 5.11 Å². The van der Waals surface area contributed by atoms with Crippen molar-refractivity contribution >= 4 is 23.5 Å². The van der Waals surface area contributed by atoms with Crippen LogP contribution in [0, 0.1) is 0 Å². The van der Waals surface area contributed by atoms with Crippen LogP contribution in [0.25, 0.3) is 0 Å². The third kappa shape index (κ3) is 2.24. The lowest BCUT2D eigenvalue weighted by atomic mass is 9.89. The maximum absolute atomic E-state index is 11.1. The molecule has 96 valence electrons. The normalized spacial score (nSPS) is 28.7. The van der Waals surface area contributed by atoms with Gasteiger partial charge in [0.1, 0.15) is 5.60 Å². The van der Waals surface area contributed by atoms with Gasteiger partial charge in [-0.25, -0.2) is 0 Å². The van der Waals surface area contributed by atoms with E-state index in [0.29, 0.717) is 0 Å². The summed E-state index contributed by atoms with van der Waals surface area (Å²) in [7, 11) is 0. The first-order chi connectivity index (χ1) is 8.81. The number of hydrogen-bond donors (Lipinski definition) is 1. The number of thioether (sulfide) groups is 2. The molecular formula is C15H18OS2. The average Bonchev–Trinajstić information content (AvgIpc) is 2.84. The summed E-state index contributed by atoms with van der Waals surface area (Å²) >= 11 is 3.88. The molecule has 1 aliphatic heterocycles. The van der Waals surface area contributed by atoms with E-state index in [-0.39, 0.29) is 0 Å². The zero-order valence-electron chi connectivity index (χ0n) is 10.4. The minimum atomic E-state index is -0.700. The van der Waals surface area contributed by atoms with E-state index >= 15 is 0 Å².